The molecule has 0 unspecified atom stereocenters. The van der Waals surface area contributed by atoms with Crippen LogP contribution in [-0.4, -0.2) is 49.8 Å². The molecule has 24 heavy (non-hydrogen) atoms. The van der Waals surface area contributed by atoms with Crippen LogP contribution in [0.25, 0.3) is 0 Å². The Morgan fingerprint density at radius 3 is 2.62 bits per heavy atom. The van der Waals surface area contributed by atoms with Gasteiger partial charge in [0, 0.05) is 12.6 Å². The largest absolute Gasteiger partial charge is 0.494 e. The maximum absolute atomic E-state index is 13.6. The third kappa shape index (κ3) is 4.59. The SMILES string of the molecule is COc1ccc(CC(=O)N[C@H]2CC[C@H](C(F)(F)F)N(C)C2)cc1F. The Morgan fingerprint density at radius 1 is 1.38 bits per heavy atom. The number of methoxy groups -OCH3 is 1. The first kappa shape index (κ1) is 18.5. The van der Waals surface area contributed by atoms with Crippen LogP contribution in [0.1, 0.15) is 18.4 Å². The number of carbonyl (C=O) groups excluding carboxylic acids is 1. The zero-order chi connectivity index (χ0) is 17.9. The summed E-state index contributed by atoms with van der Waals surface area (Å²) >= 11 is 0. The van der Waals surface area contributed by atoms with Gasteiger partial charge < -0.3 is 10.1 Å². The van der Waals surface area contributed by atoms with Crippen LogP contribution in [0.15, 0.2) is 18.2 Å². The van der Waals surface area contributed by atoms with Crippen LogP contribution < -0.4 is 10.1 Å². The molecular formula is C16H20F4N2O2. The van der Waals surface area contributed by atoms with Crippen LogP contribution >= 0.6 is 0 Å². The molecule has 0 saturated carbocycles. The lowest BCUT2D eigenvalue weighted by atomic mass is 9.98. The van der Waals surface area contributed by atoms with Crippen LogP contribution in [0.3, 0.4) is 0 Å². The number of nitrogens with one attached hydrogen (secondary N) is 1. The molecule has 1 aliphatic heterocycles. The van der Waals surface area contributed by atoms with E-state index in [1.807, 2.05) is 0 Å². The van der Waals surface area contributed by atoms with E-state index in [0.717, 1.165) is 0 Å². The summed E-state index contributed by atoms with van der Waals surface area (Å²) in [6, 6.07) is 2.41. The fraction of sp³-hybridized carbons (Fsp3) is 0.562. The smallest absolute Gasteiger partial charge is 0.404 e. The summed E-state index contributed by atoms with van der Waals surface area (Å²) in [5.74, 6) is -0.817. The van der Waals surface area contributed by atoms with Gasteiger partial charge in [-0.05, 0) is 37.6 Å². The van der Waals surface area contributed by atoms with Gasteiger partial charge in [0.15, 0.2) is 11.6 Å². The molecule has 0 bridgehead atoms. The summed E-state index contributed by atoms with van der Waals surface area (Å²) < 4.78 is 56.8. The number of benzene rings is 1. The summed E-state index contributed by atoms with van der Waals surface area (Å²) in [4.78, 5) is 13.2. The van der Waals surface area contributed by atoms with Crippen LogP contribution in [0.2, 0.25) is 0 Å². The summed E-state index contributed by atoms with van der Waals surface area (Å²) in [5.41, 5.74) is 0.475. The van der Waals surface area contributed by atoms with Crippen LogP contribution in [0.5, 0.6) is 5.75 Å². The van der Waals surface area contributed by atoms with E-state index in [4.69, 9.17) is 4.74 Å². The van der Waals surface area contributed by atoms with E-state index >= 15 is 0 Å². The van der Waals surface area contributed by atoms with Gasteiger partial charge in [-0.25, -0.2) is 4.39 Å². The van der Waals surface area contributed by atoms with Gasteiger partial charge in [-0.3, -0.25) is 9.69 Å². The zero-order valence-corrected chi connectivity index (χ0v) is 13.5. The first-order chi connectivity index (χ1) is 11.2. The van der Waals surface area contributed by atoms with E-state index < -0.39 is 18.0 Å². The number of likely N-dealkylation sites (tertiary alicyclic amines) is 1. The monoisotopic (exact) mass is 348 g/mol. The molecule has 1 fully saturated rings. The van der Waals surface area contributed by atoms with Gasteiger partial charge in [0.25, 0.3) is 0 Å². The number of piperidine rings is 1. The Morgan fingerprint density at radius 2 is 2.08 bits per heavy atom. The Labute approximate surface area is 137 Å². The van der Waals surface area contributed by atoms with Crippen molar-refractivity contribution in [3.63, 3.8) is 0 Å². The highest BCUT2D eigenvalue weighted by atomic mass is 19.4. The Bertz CT molecular complexity index is 592. The van der Waals surface area contributed by atoms with Crippen molar-refractivity contribution in [2.45, 2.75) is 37.5 Å². The number of ether oxygens (including phenoxy) is 1. The number of rotatable bonds is 4. The minimum Gasteiger partial charge on any atom is -0.494 e. The molecule has 0 aliphatic carbocycles. The van der Waals surface area contributed by atoms with Crippen molar-refractivity contribution in [1.29, 1.82) is 0 Å². The molecule has 2 atom stereocenters. The molecule has 1 saturated heterocycles. The van der Waals surface area contributed by atoms with E-state index in [-0.39, 0.29) is 43.5 Å². The predicted octanol–water partition coefficient (Wildman–Crippen LogP) is 2.52. The van der Waals surface area contributed by atoms with Crippen molar-refractivity contribution in [3.05, 3.63) is 29.6 Å². The predicted molar refractivity (Wildman–Crippen MR) is 80.3 cm³/mol. The first-order valence-corrected chi connectivity index (χ1v) is 7.59. The summed E-state index contributed by atoms with van der Waals surface area (Å²) in [6.45, 7) is 0.132. The Balaban J connectivity index is 1.88. The van der Waals surface area contributed by atoms with E-state index in [1.165, 1.54) is 31.2 Å². The summed E-state index contributed by atoms with van der Waals surface area (Å²) in [5, 5.41) is 2.72. The molecule has 8 heteroatoms. The maximum Gasteiger partial charge on any atom is 0.404 e. The third-order valence-electron chi connectivity index (χ3n) is 4.15. The van der Waals surface area contributed by atoms with Crippen molar-refractivity contribution in [1.82, 2.24) is 10.2 Å². The summed E-state index contributed by atoms with van der Waals surface area (Å²) in [6.07, 6.45) is -4.09. The van der Waals surface area contributed by atoms with Gasteiger partial charge in [0.1, 0.15) is 6.04 Å². The average Bonchev–Trinajstić information content (AvgIpc) is 2.46. The van der Waals surface area contributed by atoms with Crippen molar-refractivity contribution in [2.24, 2.45) is 0 Å². The number of hydrogen-bond acceptors (Lipinski definition) is 3. The highest BCUT2D eigenvalue weighted by molar-refractivity contribution is 5.79. The first-order valence-electron chi connectivity index (χ1n) is 7.59. The maximum atomic E-state index is 13.6. The number of nitrogens with zero attached hydrogens (tertiary/aromatic N) is 1. The van der Waals surface area contributed by atoms with Gasteiger partial charge in [-0.15, -0.1) is 0 Å². The minimum absolute atomic E-state index is 0.0379. The number of carbonyl (C=O) groups is 1. The molecule has 1 aromatic rings. The number of hydrogen-bond donors (Lipinski definition) is 1. The van der Waals surface area contributed by atoms with E-state index in [2.05, 4.69) is 5.32 Å². The molecule has 1 amide bonds. The van der Waals surface area contributed by atoms with Crippen LogP contribution in [0.4, 0.5) is 17.6 Å². The molecule has 2 rings (SSSR count). The topological polar surface area (TPSA) is 41.6 Å². The van der Waals surface area contributed by atoms with E-state index in [0.29, 0.717) is 5.56 Å². The molecule has 4 nitrogen and oxygen atoms in total. The highest BCUT2D eigenvalue weighted by Crippen LogP contribution is 2.30. The molecule has 1 aromatic carbocycles. The van der Waals surface area contributed by atoms with Crippen LogP contribution in [-0.2, 0) is 11.2 Å². The number of halogens is 4. The van der Waals surface area contributed by atoms with Gasteiger partial charge in [-0.2, -0.15) is 13.2 Å². The lowest BCUT2D eigenvalue weighted by Gasteiger charge is -2.38. The second-order valence-electron chi connectivity index (χ2n) is 5.98. The molecule has 0 radical (unpaired) electrons. The van der Waals surface area contributed by atoms with Gasteiger partial charge in [-0.1, -0.05) is 6.07 Å². The number of amides is 1. The average molecular weight is 348 g/mol. The van der Waals surface area contributed by atoms with Crippen molar-refractivity contribution in [3.8, 4) is 5.75 Å². The lowest BCUT2D eigenvalue weighted by Crippen LogP contribution is -2.54. The molecule has 1 N–H and O–H groups in total. The minimum atomic E-state index is -4.26. The van der Waals surface area contributed by atoms with Gasteiger partial charge >= 0.3 is 6.18 Å². The zero-order valence-electron chi connectivity index (χ0n) is 13.5. The highest BCUT2D eigenvalue weighted by Gasteiger charge is 2.44. The standard InChI is InChI=1S/C16H20F4N2O2/c1-22-9-11(4-6-14(22)16(18,19)20)21-15(23)8-10-3-5-13(24-2)12(17)7-10/h3,5,7,11,14H,4,6,8-9H2,1-2H3,(H,21,23)/t11-,14+/m0/s1. The van der Waals surface area contributed by atoms with Crippen molar-refractivity contribution >= 4 is 5.91 Å². The third-order valence-corrected chi connectivity index (χ3v) is 4.15. The molecule has 0 aromatic heterocycles. The Hall–Kier alpha value is -1.83. The number of alkyl halides is 3. The lowest BCUT2D eigenvalue weighted by molar-refractivity contribution is -0.188. The molecule has 1 aliphatic rings. The van der Waals surface area contributed by atoms with Gasteiger partial charge in [0.05, 0.1) is 13.5 Å². The number of likely N-dealkylation sites (N-methyl/N-ethyl adjacent to an activating group) is 1. The molecular weight excluding hydrogens is 328 g/mol. The second kappa shape index (κ2) is 7.38. The summed E-state index contributed by atoms with van der Waals surface area (Å²) in [7, 11) is 2.74. The normalized spacial score (nSPS) is 22.2. The van der Waals surface area contributed by atoms with Crippen molar-refractivity contribution in [2.75, 3.05) is 20.7 Å². The molecule has 134 valence electrons. The second-order valence-corrected chi connectivity index (χ2v) is 5.98. The fourth-order valence-corrected chi connectivity index (χ4v) is 2.96. The Kier molecular flexibility index (Phi) is 5.69. The van der Waals surface area contributed by atoms with Gasteiger partial charge in [0.2, 0.25) is 5.91 Å². The molecule has 0 spiro atoms. The van der Waals surface area contributed by atoms with E-state index in [9.17, 15) is 22.4 Å². The van der Waals surface area contributed by atoms with Crippen molar-refractivity contribution < 1.29 is 27.1 Å². The fourth-order valence-electron chi connectivity index (χ4n) is 2.96. The van der Waals surface area contributed by atoms with E-state index in [1.54, 1.807) is 6.07 Å². The quantitative estimate of drug-likeness (QED) is 0.851. The molecule has 1 heterocycles. The van der Waals surface area contributed by atoms with Crippen LogP contribution in [0, 0.1) is 5.82 Å².